The third-order valence-electron chi connectivity index (χ3n) is 4.25. The number of hydrogen-bond donors (Lipinski definition) is 0. The summed E-state index contributed by atoms with van der Waals surface area (Å²) in [6, 6.07) is 6.74. The molecule has 0 saturated carbocycles. The van der Waals surface area contributed by atoms with Crippen LogP contribution in [0.3, 0.4) is 0 Å². The third-order valence-corrected chi connectivity index (χ3v) is 4.25. The van der Waals surface area contributed by atoms with E-state index in [9.17, 15) is 13.2 Å². The maximum atomic E-state index is 12.2. The lowest BCUT2D eigenvalue weighted by Crippen LogP contribution is -2.45. The van der Waals surface area contributed by atoms with Gasteiger partial charge in [-0.15, -0.1) is 13.2 Å². The molecule has 1 fully saturated rings. The van der Waals surface area contributed by atoms with Gasteiger partial charge in [-0.05, 0) is 64.8 Å². The summed E-state index contributed by atoms with van der Waals surface area (Å²) in [5, 5.41) is 0. The zero-order valence-electron chi connectivity index (χ0n) is 14.5. The number of piperidine rings is 1. The van der Waals surface area contributed by atoms with Crippen LogP contribution in [0.1, 0.15) is 18.4 Å². The SMILES string of the molecule is CN(C)CN(C)C1CCN(Cc2ccc(OC(F)(F)F)cc2)CC1. The van der Waals surface area contributed by atoms with Gasteiger partial charge in [0.25, 0.3) is 0 Å². The molecule has 1 aromatic rings. The van der Waals surface area contributed by atoms with Gasteiger partial charge in [-0.2, -0.15) is 0 Å². The number of rotatable bonds is 6. The van der Waals surface area contributed by atoms with E-state index in [1.807, 2.05) is 0 Å². The average Bonchev–Trinajstić information content (AvgIpc) is 2.48. The van der Waals surface area contributed by atoms with Crippen LogP contribution in [0.5, 0.6) is 5.75 Å². The number of benzene rings is 1. The molecule has 0 bridgehead atoms. The van der Waals surface area contributed by atoms with Gasteiger partial charge in [0, 0.05) is 12.6 Å². The summed E-state index contributed by atoms with van der Waals surface area (Å²) in [7, 11) is 6.29. The number of alkyl halides is 3. The Morgan fingerprint density at radius 2 is 1.67 bits per heavy atom. The van der Waals surface area contributed by atoms with E-state index in [2.05, 4.69) is 40.6 Å². The van der Waals surface area contributed by atoms with Crippen LogP contribution in [0.25, 0.3) is 0 Å². The largest absolute Gasteiger partial charge is 0.573 e. The topological polar surface area (TPSA) is 19.0 Å². The highest BCUT2D eigenvalue weighted by molar-refractivity contribution is 5.27. The summed E-state index contributed by atoms with van der Waals surface area (Å²) < 4.78 is 40.4. The fourth-order valence-corrected chi connectivity index (χ4v) is 3.13. The first-order chi connectivity index (χ1) is 11.2. The molecule has 2 rings (SSSR count). The molecule has 0 atom stereocenters. The molecule has 0 aliphatic carbocycles. The fraction of sp³-hybridized carbons (Fsp3) is 0.647. The number of ether oxygens (including phenoxy) is 1. The second-order valence-corrected chi connectivity index (χ2v) is 6.68. The van der Waals surface area contributed by atoms with Gasteiger partial charge >= 0.3 is 6.36 Å². The van der Waals surface area contributed by atoms with Crippen LogP contribution in [0.15, 0.2) is 24.3 Å². The van der Waals surface area contributed by atoms with E-state index in [1.165, 1.54) is 12.1 Å². The lowest BCUT2D eigenvalue weighted by Gasteiger charge is -2.37. The Hall–Kier alpha value is -1.31. The number of halogens is 3. The van der Waals surface area contributed by atoms with Crippen LogP contribution in [0, 0.1) is 0 Å². The minimum atomic E-state index is -4.64. The van der Waals surface area contributed by atoms with Crippen molar-refractivity contribution in [3.8, 4) is 5.75 Å². The van der Waals surface area contributed by atoms with Crippen molar-refractivity contribution in [3.63, 3.8) is 0 Å². The van der Waals surface area contributed by atoms with Crippen molar-refractivity contribution in [1.82, 2.24) is 14.7 Å². The Balaban J connectivity index is 1.79. The van der Waals surface area contributed by atoms with E-state index < -0.39 is 6.36 Å². The monoisotopic (exact) mass is 345 g/mol. The van der Waals surface area contributed by atoms with Gasteiger partial charge < -0.3 is 4.74 Å². The van der Waals surface area contributed by atoms with E-state index in [4.69, 9.17) is 0 Å². The maximum absolute atomic E-state index is 12.2. The Morgan fingerprint density at radius 1 is 1.08 bits per heavy atom. The first-order valence-electron chi connectivity index (χ1n) is 8.15. The molecule has 0 aromatic heterocycles. The van der Waals surface area contributed by atoms with Crippen LogP contribution >= 0.6 is 0 Å². The summed E-state index contributed by atoms with van der Waals surface area (Å²) in [5.74, 6) is -0.171. The highest BCUT2D eigenvalue weighted by atomic mass is 19.4. The van der Waals surface area contributed by atoms with Gasteiger partial charge in [0.1, 0.15) is 5.75 Å². The normalized spacial score (nSPS) is 17.7. The molecular formula is C17H26F3N3O. The molecule has 0 amide bonds. The first-order valence-corrected chi connectivity index (χ1v) is 8.15. The molecule has 0 unspecified atom stereocenters. The molecule has 1 aliphatic rings. The van der Waals surface area contributed by atoms with Crippen molar-refractivity contribution in [2.24, 2.45) is 0 Å². The lowest BCUT2D eigenvalue weighted by atomic mass is 10.0. The number of hydrogen-bond acceptors (Lipinski definition) is 4. The Bertz CT molecular complexity index is 497. The van der Waals surface area contributed by atoms with Crippen LogP contribution in [-0.2, 0) is 6.54 Å². The summed E-state index contributed by atoms with van der Waals surface area (Å²) in [4.78, 5) is 6.89. The third kappa shape index (κ3) is 6.30. The zero-order chi connectivity index (χ0) is 17.7. The smallest absolute Gasteiger partial charge is 0.406 e. The number of likely N-dealkylation sites (tertiary alicyclic amines) is 1. The van der Waals surface area contributed by atoms with E-state index >= 15 is 0 Å². The predicted molar refractivity (Wildman–Crippen MR) is 87.7 cm³/mol. The van der Waals surface area contributed by atoms with Crippen LogP contribution in [0.4, 0.5) is 13.2 Å². The molecule has 1 heterocycles. The molecule has 136 valence electrons. The standard InChI is InChI=1S/C17H26F3N3O/c1-21(2)13-22(3)15-8-10-23(11-9-15)12-14-4-6-16(7-5-14)24-17(18,19)20/h4-7,15H,8-13H2,1-3H3. The zero-order valence-corrected chi connectivity index (χ0v) is 14.5. The average molecular weight is 345 g/mol. The number of nitrogens with zero attached hydrogens (tertiary/aromatic N) is 3. The Labute approximate surface area is 141 Å². The lowest BCUT2D eigenvalue weighted by molar-refractivity contribution is -0.274. The van der Waals surface area contributed by atoms with Gasteiger partial charge in [-0.25, -0.2) is 0 Å². The van der Waals surface area contributed by atoms with Crippen molar-refractivity contribution in [3.05, 3.63) is 29.8 Å². The quantitative estimate of drug-likeness (QED) is 0.738. The van der Waals surface area contributed by atoms with Gasteiger partial charge in [0.05, 0.1) is 6.67 Å². The van der Waals surface area contributed by atoms with Gasteiger partial charge in [0.15, 0.2) is 0 Å². The first kappa shape index (κ1) is 19.0. The van der Waals surface area contributed by atoms with Crippen molar-refractivity contribution in [2.75, 3.05) is 40.9 Å². The van der Waals surface area contributed by atoms with Gasteiger partial charge in [0.2, 0.25) is 0 Å². The molecular weight excluding hydrogens is 319 g/mol. The molecule has 7 heteroatoms. The minimum Gasteiger partial charge on any atom is -0.406 e. The Kier molecular flexibility index (Phi) is 6.48. The summed E-state index contributed by atoms with van der Waals surface area (Å²) in [6.45, 7) is 3.72. The molecule has 4 nitrogen and oxygen atoms in total. The van der Waals surface area contributed by atoms with Crippen LogP contribution in [0.2, 0.25) is 0 Å². The molecule has 1 aromatic carbocycles. The molecule has 1 aliphatic heterocycles. The maximum Gasteiger partial charge on any atom is 0.573 e. The summed E-state index contributed by atoms with van der Waals surface area (Å²) >= 11 is 0. The predicted octanol–water partition coefficient (Wildman–Crippen LogP) is 3.00. The molecule has 24 heavy (non-hydrogen) atoms. The van der Waals surface area contributed by atoms with Crippen molar-refractivity contribution in [2.45, 2.75) is 31.8 Å². The molecule has 1 saturated heterocycles. The molecule has 0 N–H and O–H groups in total. The molecule has 0 radical (unpaired) electrons. The Morgan fingerprint density at radius 3 is 2.17 bits per heavy atom. The fourth-order valence-electron chi connectivity index (χ4n) is 3.13. The van der Waals surface area contributed by atoms with Crippen LogP contribution in [-0.4, -0.2) is 68.0 Å². The van der Waals surface area contributed by atoms with Gasteiger partial charge in [-0.3, -0.25) is 14.7 Å². The second kappa shape index (κ2) is 8.18. The van der Waals surface area contributed by atoms with Crippen molar-refractivity contribution in [1.29, 1.82) is 0 Å². The molecule has 0 spiro atoms. The highest BCUT2D eigenvalue weighted by Gasteiger charge is 2.31. The van der Waals surface area contributed by atoms with E-state index in [1.54, 1.807) is 12.1 Å². The highest BCUT2D eigenvalue weighted by Crippen LogP contribution is 2.24. The van der Waals surface area contributed by atoms with E-state index in [-0.39, 0.29) is 5.75 Å². The van der Waals surface area contributed by atoms with Crippen molar-refractivity contribution >= 4 is 0 Å². The summed E-state index contributed by atoms with van der Waals surface area (Å²) in [6.07, 6.45) is -2.42. The van der Waals surface area contributed by atoms with Crippen LogP contribution < -0.4 is 4.74 Å². The minimum absolute atomic E-state index is 0.171. The van der Waals surface area contributed by atoms with E-state index in [0.29, 0.717) is 6.04 Å². The second-order valence-electron chi connectivity index (χ2n) is 6.68. The van der Waals surface area contributed by atoms with Crippen molar-refractivity contribution < 1.29 is 17.9 Å². The summed E-state index contributed by atoms with van der Waals surface area (Å²) in [5.41, 5.74) is 1.00. The van der Waals surface area contributed by atoms with Gasteiger partial charge in [-0.1, -0.05) is 12.1 Å². The van der Waals surface area contributed by atoms with E-state index in [0.717, 1.165) is 44.7 Å².